The topological polar surface area (TPSA) is 54.8 Å². The lowest BCUT2D eigenvalue weighted by molar-refractivity contribution is -0.144. The summed E-state index contributed by atoms with van der Waals surface area (Å²) in [4.78, 5) is 3.83. The van der Waals surface area contributed by atoms with Crippen molar-refractivity contribution < 1.29 is 17.6 Å². The fourth-order valence-corrected chi connectivity index (χ4v) is 2.73. The molecule has 3 rings (SSSR count). The van der Waals surface area contributed by atoms with Gasteiger partial charge >= 0.3 is 6.18 Å². The van der Waals surface area contributed by atoms with Gasteiger partial charge in [0.25, 0.3) is 0 Å². The van der Waals surface area contributed by atoms with Crippen LogP contribution in [0.2, 0.25) is 0 Å². The zero-order chi connectivity index (χ0) is 20.0. The third kappa shape index (κ3) is 5.21. The quantitative estimate of drug-likeness (QED) is 0.433. The normalized spacial score (nSPS) is 12.6. The number of nitrogens with one attached hydrogen (secondary N) is 2. The van der Waals surface area contributed by atoms with Crippen molar-refractivity contribution in [1.82, 2.24) is 14.8 Å². The first kappa shape index (κ1) is 19.7. The molecule has 2 aromatic carbocycles. The van der Waals surface area contributed by atoms with E-state index in [-0.39, 0.29) is 16.9 Å². The number of anilines is 2. The first-order valence-corrected chi connectivity index (χ1v) is 8.67. The largest absolute Gasteiger partial charge is 0.412 e. The third-order valence-corrected chi connectivity index (χ3v) is 4.09. The maximum Gasteiger partial charge on any atom is 0.412 e. The second-order valence-electron chi connectivity index (χ2n) is 6.16. The Hall–Kier alpha value is -3.10. The number of alkyl halides is 3. The number of aryl methyl sites for hydroxylation is 1. The van der Waals surface area contributed by atoms with Gasteiger partial charge in [-0.2, -0.15) is 18.3 Å². The Morgan fingerprint density at radius 2 is 1.86 bits per heavy atom. The lowest BCUT2D eigenvalue weighted by atomic mass is 10.1. The average Bonchev–Trinajstić information content (AvgIpc) is 3.18. The lowest BCUT2D eigenvalue weighted by Gasteiger charge is -2.23. The molecular weight excluding hydrogens is 374 g/mol. The molecule has 0 bridgehead atoms. The van der Waals surface area contributed by atoms with Gasteiger partial charge in [0, 0.05) is 18.8 Å². The molecule has 0 aliphatic carbocycles. The van der Waals surface area contributed by atoms with Crippen LogP contribution in [0.25, 0.3) is 0 Å². The molecule has 148 valence electrons. The van der Waals surface area contributed by atoms with Gasteiger partial charge in [-0.05, 0) is 30.2 Å². The SMILES string of the molecule is Fc1cc(NC(c2ccccc2)C(F)(F)F)ccc1NCCCn1cncn1. The van der Waals surface area contributed by atoms with E-state index in [9.17, 15) is 17.6 Å². The van der Waals surface area contributed by atoms with E-state index in [1.807, 2.05) is 0 Å². The minimum absolute atomic E-state index is 0.0526. The van der Waals surface area contributed by atoms with Gasteiger partial charge < -0.3 is 10.6 Å². The molecule has 1 unspecified atom stereocenters. The second-order valence-corrected chi connectivity index (χ2v) is 6.16. The summed E-state index contributed by atoms with van der Waals surface area (Å²) in [6.07, 6.45) is -0.809. The Bertz CT molecular complexity index is 866. The highest BCUT2D eigenvalue weighted by Crippen LogP contribution is 2.36. The molecule has 0 radical (unpaired) electrons. The van der Waals surface area contributed by atoms with E-state index in [0.717, 1.165) is 6.07 Å². The number of halogens is 4. The van der Waals surface area contributed by atoms with Gasteiger partial charge in [0.05, 0.1) is 5.69 Å². The molecule has 2 N–H and O–H groups in total. The average molecular weight is 393 g/mol. The Labute approximate surface area is 159 Å². The summed E-state index contributed by atoms with van der Waals surface area (Å²) >= 11 is 0. The van der Waals surface area contributed by atoms with Crippen LogP contribution in [0.15, 0.2) is 61.2 Å². The molecule has 0 saturated carbocycles. The molecule has 0 saturated heterocycles. The van der Waals surface area contributed by atoms with Gasteiger partial charge in [0.1, 0.15) is 24.5 Å². The van der Waals surface area contributed by atoms with Crippen molar-refractivity contribution in [1.29, 1.82) is 0 Å². The Morgan fingerprint density at radius 1 is 1.07 bits per heavy atom. The van der Waals surface area contributed by atoms with Crippen LogP contribution < -0.4 is 10.6 Å². The molecule has 3 aromatic rings. The van der Waals surface area contributed by atoms with Crippen LogP contribution in [-0.2, 0) is 6.54 Å². The molecule has 1 atom stereocenters. The fraction of sp³-hybridized carbons (Fsp3) is 0.263. The Balaban J connectivity index is 1.62. The summed E-state index contributed by atoms with van der Waals surface area (Å²) in [6, 6.07) is 9.44. The predicted molar refractivity (Wildman–Crippen MR) is 98.4 cm³/mol. The highest BCUT2D eigenvalue weighted by Gasteiger charge is 2.40. The number of hydrogen-bond acceptors (Lipinski definition) is 4. The minimum atomic E-state index is -4.52. The summed E-state index contributed by atoms with van der Waals surface area (Å²) in [6.45, 7) is 1.11. The Morgan fingerprint density at radius 3 is 2.50 bits per heavy atom. The first-order chi connectivity index (χ1) is 13.4. The van der Waals surface area contributed by atoms with E-state index >= 15 is 0 Å². The van der Waals surface area contributed by atoms with Crippen LogP contribution in [0, 0.1) is 5.82 Å². The maximum atomic E-state index is 14.3. The van der Waals surface area contributed by atoms with Crippen molar-refractivity contribution in [3.63, 3.8) is 0 Å². The molecule has 0 fully saturated rings. The number of benzene rings is 2. The van der Waals surface area contributed by atoms with Gasteiger partial charge in [-0.25, -0.2) is 9.37 Å². The van der Waals surface area contributed by atoms with Gasteiger partial charge in [0.15, 0.2) is 0 Å². The van der Waals surface area contributed by atoms with E-state index in [4.69, 9.17) is 0 Å². The molecule has 9 heteroatoms. The van der Waals surface area contributed by atoms with Gasteiger partial charge in [-0.15, -0.1) is 0 Å². The van der Waals surface area contributed by atoms with Gasteiger partial charge in [-0.3, -0.25) is 4.68 Å². The highest BCUT2D eigenvalue weighted by atomic mass is 19.4. The fourth-order valence-electron chi connectivity index (χ4n) is 2.73. The van der Waals surface area contributed by atoms with Gasteiger partial charge in [-0.1, -0.05) is 30.3 Å². The highest BCUT2D eigenvalue weighted by molar-refractivity contribution is 5.56. The van der Waals surface area contributed by atoms with Crippen molar-refractivity contribution in [2.24, 2.45) is 0 Å². The number of hydrogen-bond donors (Lipinski definition) is 2. The molecule has 0 aliphatic rings. The van der Waals surface area contributed by atoms with E-state index in [1.165, 1.54) is 42.7 Å². The Kier molecular flexibility index (Phi) is 6.13. The van der Waals surface area contributed by atoms with Crippen molar-refractivity contribution >= 4 is 11.4 Å². The monoisotopic (exact) mass is 393 g/mol. The van der Waals surface area contributed by atoms with Gasteiger partial charge in [0.2, 0.25) is 0 Å². The van der Waals surface area contributed by atoms with Crippen molar-refractivity contribution in [2.45, 2.75) is 25.2 Å². The standard InChI is InChI=1S/C19H19F4N5/c20-16-11-15(27-18(19(21,22)23)14-5-2-1-3-6-14)7-8-17(16)25-9-4-10-28-13-24-12-26-28/h1-3,5-8,11-13,18,25,27H,4,9-10H2. The first-order valence-electron chi connectivity index (χ1n) is 8.67. The summed E-state index contributed by atoms with van der Waals surface area (Å²) < 4.78 is 56.2. The van der Waals surface area contributed by atoms with E-state index in [0.29, 0.717) is 19.5 Å². The molecule has 1 aromatic heterocycles. The maximum absolute atomic E-state index is 14.3. The van der Waals surface area contributed by atoms with Crippen LogP contribution in [-0.4, -0.2) is 27.5 Å². The van der Waals surface area contributed by atoms with Crippen molar-refractivity contribution in [3.8, 4) is 0 Å². The van der Waals surface area contributed by atoms with E-state index in [1.54, 1.807) is 17.1 Å². The minimum Gasteiger partial charge on any atom is -0.383 e. The van der Waals surface area contributed by atoms with Crippen LogP contribution in [0.1, 0.15) is 18.0 Å². The zero-order valence-corrected chi connectivity index (χ0v) is 14.8. The second kappa shape index (κ2) is 8.73. The zero-order valence-electron chi connectivity index (χ0n) is 14.8. The van der Waals surface area contributed by atoms with E-state index in [2.05, 4.69) is 20.7 Å². The smallest absolute Gasteiger partial charge is 0.383 e. The molecule has 0 aliphatic heterocycles. The van der Waals surface area contributed by atoms with Crippen LogP contribution in [0.3, 0.4) is 0 Å². The predicted octanol–water partition coefficient (Wildman–Crippen LogP) is 4.63. The van der Waals surface area contributed by atoms with E-state index < -0.39 is 18.0 Å². The molecular formula is C19H19F4N5. The number of rotatable bonds is 8. The van der Waals surface area contributed by atoms with Crippen LogP contribution in [0.4, 0.5) is 28.9 Å². The molecule has 1 heterocycles. The molecule has 0 amide bonds. The summed E-state index contributed by atoms with van der Waals surface area (Å²) in [5, 5.41) is 9.27. The lowest BCUT2D eigenvalue weighted by Crippen LogP contribution is -2.27. The summed E-state index contributed by atoms with van der Waals surface area (Å²) in [5.41, 5.74) is 0.343. The van der Waals surface area contributed by atoms with Crippen molar-refractivity contribution in [2.75, 3.05) is 17.2 Å². The molecule has 5 nitrogen and oxygen atoms in total. The summed E-state index contributed by atoms with van der Waals surface area (Å²) in [5.74, 6) is -0.625. The van der Waals surface area contributed by atoms with Crippen molar-refractivity contribution in [3.05, 3.63) is 72.6 Å². The molecule has 0 spiro atoms. The van der Waals surface area contributed by atoms with Crippen LogP contribution >= 0.6 is 0 Å². The number of aromatic nitrogens is 3. The number of nitrogens with zero attached hydrogens (tertiary/aromatic N) is 3. The summed E-state index contributed by atoms with van der Waals surface area (Å²) in [7, 11) is 0. The molecule has 28 heavy (non-hydrogen) atoms. The van der Waals surface area contributed by atoms with Crippen LogP contribution in [0.5, 0.6) is 0 Å². The third-order valence-electron chi connectivity index (χ3n) is 4.09.